The van der Waals surface area contributed by atoms with Crippen LogP contribution in [0, 0.1) is 11.8 Å². The van der Waals surface area contributed by atoms with Gasteiger partial charge in [-0.2, -0.15) is 0 Å². The van der Waals surface area contributed by atoms with Crippen molar-refractivity contribution in [2.24, 2.45) is 17.6 Å². The lowest BCUT2D eigenvalue weighted by atomic mass is 9.96. The number of benzene rings is 1. The van der Waals surface area contributed by atoms with Gasteiger partial charge in [-0.05, 0) is 37.4 Å². The van der Waals surface area contributed by atoms with Crippen molar-refractivity contribution in [3.05, 3.63) is 29.3 Å². The molecule has 2 heterocycles. The Bertz CT molecular complexity index is 607. The van der Waals surface area contributed by atoms with Gasteiger partial charge in [0.15, 0.2) is 0 Å². The quantitative estimate of drug-likeness (QED) is 0.917. The normalized spacial score (nSPS) is 25.0. The van der Waals surface area contributed by atoms with E-state index in [1.165, 1.54) is 0 Å². The molecule has 0 radical (unpaired) electrons. The smallest absolute Gasteiger partial charge is 0.228 e. The molecule has 6 heteroatoms. The maximum absolute atomic E-state index is 12.7. The van der Waals surface area contributed by atoms with Gasteiger partial charge in [0, 0.05) is 26.1 Å². The van der Waals surface area contributed by atoms with E-state index in [0.29, 0.717) is 36.3 Å². The Hall–Kier alpha value is -1.59. The van der Waals surface area contributed by atoms with E-state index >= 15 is 0 Å². The summed E-state index contributed by atoms with van der Waals surface area (Å²) in [4.78, 5) is 28.6. The molecule has 0 saturated carbocycles. The Balaban J connectivity index is 1.70. The number of hydrogen-bond donors (Lipinski definition) is 1. The first-order valence-corrected chi connectivity index (χ1v) is 8.51. The van der Waals surface area contributed by atoms with Crippen molar-refractivity contribution in [1.82, 2.24) is 4.90 Å². The van der Waals surface area contributed by atoms with E-state index in [1.54, 1.807) is 11.0 Å². The number of nitrogens with two attached hydrogens (primary N) is 1. The molecule has 0 spiro atoms. The topological polar surface area (TPSA) is 66.6 Å². The molecule has 2 saturated heterocycles. The fourth-order valence-electron chi connectivity index (χ4n) is 3.49. The molecule has 5 nitrogen and oxygen atoms in total. The number of halogens is 1. The van der Waals surface area contributed by atoms with Crippen LogP contribution in [-0.2, 0) is 9.59 Å². The zero-order chi connectivity index (χ0) is 16.4. The molecule has 0 aromatic heterocycles. The van der Waals surface area contributed by atoms with Crippen molar-refractivity contribution in [2.45, 2.75) is 19.3 Å². The van der Waals surface area contributed by atoms with Crippen LogP contribution in [0.1, 0.15) is 19.3 Å². The number of piperidine rings is 1. The third-order valence-electron chi connectivity index (χ3n) is 4.78. The van der Waals surface area contributed by atoms with Crippen molar-refractivity contribution >= 4 is 29.1 Å². The standard InChI is InChI=1S/C17H22ClN3O2/c18-14-5-1-2-6-15(14)21-11-13(8-16(21)22)17(23)20-7-3-4-12(9-19)10-20/h1-2,5-6,12-13H,3-4,7-11,19H2/t12-,13+/m1/s1. The molecule has 2 aliphatic heterocycles. The van der Waals surface area contributed by atoms with Gasteiger partial charge < -0.3 is 15.5 Å². The lowest BCUT2D eigenvalue weighted by Crippen LogP contribution is -2.45. The summed E-state index contributed by atoms with van der Waals surface area (Å²) >= 11 is 6.18. The maximum Gasteiger partial charge on any atom is 0.228 e. The minimum Gasteiger partial charge on any atom is -0.342 e. The van der Waals surface area contributed by atoms with Crippen molar-refractivity contribution in [2.75, 3.05) is 31.1 Å². The molecule has 1 aromatic rings. The molecule has 23 heavy (non-hydrogen) atoms. The first kappa shape index (κ1) is 16.3. The predicted octanol–water partition coefficient (Wildman–Crippen LogP) is 1.89. The second kappa shape index (κ2) is 6.89. The van der Waals surface area contributed by atoms with Crippen LogP contribution >= 0.6 is 11.6 Å². The van der Waals surface area contributed by atoms with Gasteiger partial charge in [0.25, 0.3) is 0 Å². The average Bonchev–Trinajstić information content (AvgIpc) is 2.96. The van der Waals surface area contributed by atoms with Gasteiger partial charge in [0.1, 0.15) is 0 Å². The van der Waals surface area contributed by atoms with Crippen LogP contribution in [0.15, 0.2) is 24.3 Å². The summed E-state index contributed by atoms with van der Waals surface area (Å²) in [5.74, 6) is 0.134. The Labute approximate surface area is 141 Å². The van der Waals surface area contributed by atoms with Crippen molar-refractivity contribution < 1.29 is 9.59 Å². The molecular formula is C17H22ClN3O2. The SMILES string of the molecule is NC[C@H]1CCCN(C(=O)[C@H]2CC(=O)N(c3ccccc3Cl)C2)C1. The number of amides is 2. The first-order chi connectivity index (χ1) is 11.1. The number of nitrogens with zero attached hydrogens (tertiary/aromatic N) is 2. The summed E-state index contributed by atoms with van der Waals surface area (Å²) in [6.07, 6.45) is 2.33. The van der Waals surface area contributed by atoms with E-state index in [9.17, 15) is 9.59 Å². The summed E-state index contributed by atoms with van der Waals surface area (Å²) in [7, 11) is 0. The lowest BCUT2D eigenvalue weighted by Gasteiger charge is -2.33. The van der Waals surface area contributed by atoms with Gasteiger partial charge in [0.05, 0.1) is 16.6 Å². The molecule has 0 bridgehead atoms. The lowest BCUT2D eigenvalue weighted by molar-refractivity contribution is -0.137. The Morgan fingerprint density at radius 2 is 2.09 bits per heavy atom. The Kier molecular flexibility index (Phi) is 4.87. The molecule has 2 atom stereocenters. The average molecular weight is 336 g/mol. The Morgan fingerprint density at radius 3 is 2.83 bits per heavy atom. The molecule has 3 rings (SSSR count). The van der Waals surface area contributed by atoms with E-state index in [1.807, 2.05) is 23.1 Å². The highest BCUT2D eigenvalue weighted by Gasteiger charge is 2.38. The highest BCUT2D eigenvalue weighted by molar-refractivity contribution is 6.33. The van der Waals surface area contributed by atoms with Gasteiger partial charge in [-0.25, -0.2) is 0 Å². The fraction of sp³-hybridized carbons (Fsp3) is 0.529. The van der Waals surface area contributed by atoms with Gasteiger partial charge in [-0.3, -0.25) is 9.59 Å². The minimum atomic E-state index is -0.282. The summed E-state index contributed by atoms with van der Waals surface area (Å²) < 4.78 is 0. The van der Waals surface area contributed by atoms with Crippen LogP contribution in [0.3, 0.4) is 0 Å². The van der Waals surface area contributed by atoms with E-state index < -0.39 is 0 Å². The van der Waals surface area contributed by atoms with Gasteiger partial charge in [0.2, 0.25) is 11.8 Å². The van der Waals surface area contributed by atoms with Crippen molar-refractivity contribution in [3.8, 4) is 0 Å². The van der Waals surface area contributed by atoms with Crippen LogP contribution in [0.2, 0.25) is 5.02 Å². The van der Waals surface area contributed by atoms with Crippen molar-refractivity contribution in [3.63, 3.8) is 0 Å². The minimum absolute atomic E-state index is 0.0381. The van der Waals surface area contributed by atoms with Crippen LogP contribution in [0.5, 0.6) is 0 Å². The number of carbonyl (C=O) groups is 2. The number of anilines is 1. The van der Waals surface area contributed by atoms with Crippen LogP contribution < -0.4 is 10.6 Å². The van der Waals surface area contributed by atoms with Crippen LogP contribution in [0.4, 0.5) is 5.69 Å². The predicted molar refractivity (Wildman–Crippen MR) is 90.3 cm³/mol. The maximum atomic E-state index is 12.7. The number of carbonyl (C=O) groups excluding carboxylic acids is 2. The first-order valence-electron chi connectivity index (χ1n) is 8.14. The molecule has 0 unspecified atom stereocenters. The van der Waals surface area contributed by atoms with Crippen LogP contribution in [0.25, 0.3) is 0 Å². The van der Waals surface area contributed by atoms with E-state index in [0.717, 1.165) is 19.4 Å². The van der Waals surface area contributed by atoms with Crippen LogP contribution in [-0.4, -0.2) is 42.9 Å². The zero-order valence-electron chi connectivity index (χ0n) is 13.1. The summed E-state index contributed by atoms with van der Waals surface area (Å²) in [5, 5.41) is 0.537. The van der Waals surface area contributed by atoms with Crippen molar-refractivity contribution in [1.29, 1.82) is 0 Å². The number of para-hydroxylation sites is 1. The number of hydrogen-bond acceptors (Lipinski definition) is 3. The van der Waals surface area contributed by atoms with E-state index in [2.05, 4.69) is 0 Å². The summed E-state index contributed by atoms with van der Waals surface area (Å²) in [5.41, 5.74) is 6.43. The fourth-order valence-corrected chi connectivity index (χ4v) is 3.73. The van der Waals surface area contributed by atoms with Gasteiger partial charge >= 0.3 is 0 Å². The number of rotatable bonds is 3. The third-order valence-corrected chi connectivity index (χ3v) is 5.10. The molecule has 124 valence electrons. The molecule has 2 amide bonds. The summed E-state index contributed by atoms with van der Waals surface area (Å²) in [6, 6.07) is 7.25. The van der Waals surface area contributed by atoms with Gasteiger partial charge in [-0.1, -0.05) is 23.7 Å². The Morgan fingerprint density at radius 1 is 1.30 bits per heavy atom. The largest absolute Gasteiger partial charge is 0.342 e. The van der Waals surface area contributed by atoms with Gasteiger partial charge in [-0.15, -0.1) is 0 Å². The highest BCUT2D eigenvalue weighted by Crippen LogP contribution is 2.32. The monoisotopic (exact) mass is 335 g/mol. The highest BCUT2D eigenvalue weighted by atomic mass is 35.5. The third kappa shape index (κ3) is 3.35. The molecule has 2 N–H and O–H groups in total. The zero-order valence-corrected chi connectivity index (χ0v) is 13.8. The number of likely N-dealkylation sites (tertiary alicyclic amines) is 1. The molecule has 2 fully saturated rings. The summed E-state index contributed by atoms with van der Waals surface area (Å²) in [6.45, 7) is 2.50. The van der Waals surface area contributed by atoms with E-state index in [4.69, 9.17) is 17.3 Å². The second-order valence-corrected chi connectivity index (χ2v) is 6.79. The molecule has 2 aliphatic rings. The molecule has 1 aromatic carbocycles. The van der Waals surface area contributed by atoms with E-state index in [-0.39, 0.29) is 24.2 Å². The molecule has 0 aliphatic carbocycles. The second-order valence-electron chi connectivity index (χ2n) is 6.39. The molecular weight excluding hydrogens is 314 g/mol.